The molecule has 102 valence electrons. The number of para-hydroxylation sites is 1. The first-order chi connectivity index (χ1) is 9.50. The molecule has 0 heterocycles. The van der Waals surface area contributed by atoms with E-state index in [1.807, 2.05) is 41.6 Å². The van der Waals surface area contributed by atoms with Crippen LogP contribution in [0.1, 0.15) is 26.3 Å². The van der Waals surface area contributed by atoms with Crippen LogP contribution in [0.5, 0.6) is 0 Å². The number of halogens is 1. The number of carbonyl (C=O) groups excluding carboxylic acids is 1. The lowest BCUT2D eigenvalue weighted by Crippen LogP contribution is -2.16. The Morgan fingerprint density at radius 1 is 1.05 bits per heavy atom. The van der Waals surface area contributed by atoms with Crippen LogP contribution in [0.2, 0.25) is 0 Å². The second kappa shape index (κ2) is 6.04. The molecule has 20 heavy (non-hydrogen) atoms. The minimum Gasteiger partial charge on any atom is -0.478 e. The van der Waals surface area contributed by atoms with Crippen LogP contribution in [0.4, 0.5) is 5.69 Å². The molecular weight excluding hydrogens is 369 g/mol. The summed E-state index contributed by atoms with van der Waals surface area (Å²) in [5, 5.41) is 11.9. The molecule has 5 heteroatoms. The zero-order valence-electron chi connectivity index (χ0n) is 10.7. The topological polar surface area (TPSA) is 66.4 Å². The van der Waals surface area contributed by atoms with Crippen molar-refractivity contribution in [2.24, 2.45) is 0 Å². The largest absolute Gasteiger partial charge is 0.478 e. The van der Waals surface area contributed by atoms with Gasteiger partial charge in [-0.1, -0.05) is 24.3 Å². The number of nitrogens with one attached hydrogen (secondary N) is 1. The van der Waals surface area contributed by atoms with Crippen LogP contribution < -0.4 is 5.32 Å². The SMILES string of the molecule is Cc1ccccc1C(=O)Nc1c(I)cccc1C(=O)O. The molecule has 0 aliphatic heterocycles. The maximum atomic E-state index is 12.3. The number of rotatable bonds is 3. The number of carboxylic acid groups (broad SMARTS) is 1. The first-order valence-electron chi connectivity index (χ1n) is 5.89. The molecule has 0 saturated heterocycles. The van der Waals surface area contributed by atoms with Crippen molar-refractivity contribution in [1.82, 2.24) is 0 Å². The molecule has 0 aromatic heterocycles. The highest BCUT2D eigenvalue weighted by atomic mass is 127. The predicted molar refractivity (Wildman–Crippen MR) is 85.3 cm³/mol. The van der Waals surface area contributed by atoms with E-state index in [0.717, 1.165) is 5.56 Å². The van der Waals surface area contributed by atoms with Crippen LogP contribution in [0.25, 0.3) is 0 Å². The summed E-state index contributed by atoms with van der Waals surface area (Å²) < 4.78 is 0.685. The van der Waals surface area contributed by atoms with Crippen molar-refractivity contribution in [3.8, 4) is 0 Å². The van der Waals surface area contributed by atoms with E-state index in [4.69, 9.17) is 0 Å². The molecule has 0 unspecified atom stereocenters. The van der Waals surface area contributed by atoms with Gasteiger partial charge in [0.2, 0.25) is 0 Å². The Kier molecular flexibility index (Phi) is 4.39. The van der Waals surface area contributed by atoms with Gasteiger partial charge in [-0.25, -0.2) is 4.79 Å². The average molecular weight is 381 g/mol. The fourth-order valence-electron chi connectivity index (χ4n) is 1.84. The number of hydrogen-bond donors (Lipinski definition) is 2. The van der Waals surface area contributed by atoms with Gasteiger partial charge < -0.3 is 10.4 Å². The smallest absolute Gasteiger partial charge is 0.337 e. The van der Waals surface area contributed by atoms with E-state index in [9.17, 15) is 14.7 Å². The third kappa shape index (κ3) is 2.98. The summed E-state index contributed by atoms with van der Waals surface area (Å²) in [6.07, 6.45) is 0. The Morgan fingerprint density at radius 2 is 1.70 bits per heavy atom. The van der Waals surface area contributed by atoms with E-state index >= 15 is 0 Å². The summed E-state index contributed by atoms with van der Waals surface area (Å²) in [4.78, 5) is 23.5. The summed E-state index contributed by atoms with van der Waals surface area (Å²) >= 11 is 2.00. The van der Waals surface area contributed by atoms with E-state index in [1.54, 1.807) is 24.3 Å². The first kappa shape index (κ1) is 14.5. The van der Waals surface area contributed by atoms with Gasteiger partial charge in [-0.15, -0.1) is 0 Å². The number of aryl methyl sites for hydroxylation is 1. The number of amides is 1. The number of hydrogen-bond acceptors (Lipinski definition) is 2. The quantitative estimate of drug-likeness (QED) is 0.800. The van der Waals surface area contributed by atoms with E-state index < -0.39 is 5.97 Å². The third-order valence-electron chi connectivity index (χ3n) is 2.87. The zero-order valence-corrected chi connectivity index (χ0v) is 12.8. The summed E-state index contributed by atoms with van der Waals surface area (Å²) in [6.45, 7) is 1.84. The molecule has 2 rings (SSSR count). The van der Waals surface area contributed by atoms with Gasteiger partial charge in [0, 0.05) is 9.13 Å². The number of carboxylic acids is 1. The van der Waals surface area contributed by atoms with Gasteiger partial charge in [0.1, 0.15) is 0 Å². The highest BCUT2D eigenvalue weighted by Crippen LogP contribution is 2.24. The van der Waals surface area contributed by atoms with Crippen molar-refractivity contribution in [3.63, 3.8) is 0 Å². The highest BCUT2D eigenvalue weighted by molar-refractivity contribution is 14.1. The maximum absolute atomic E-state index is 12.3. The zero-order chi connectivity index (χ0) is 14.7. The van der Waals surface area contributed by atoms with Crippen LogP contribution in [-0.4, -0.2) is 17.0 Å². The van der Waals surface area contributed by atoms with Gasteiger partial charge in [0.15, 0.2) is 0 Å². The molecule has 0 spiro atoms. The molecule has 2 aromatic rings. The molecule has 0 atom stereocenters. The van der Waals surface area contributed by atoms with Crippen molar-refractivity contribution < 1.29 is 14.7 Å². The average Bonchev–Trinajstić information content (AvgIpc) is 2.41. The second-order valence-electron chi connectivity index (χ2n) is 4.24. The number of aromatic carboxylic acids is 1. The van der Waals surface area contributed by atoms with Crippen LogP contribution in [0.15, 0.2) is 42.5 Å². The molecule has 0 aliphatic rings. The molecule has 0 radical (unpaired) electrons. The lowest BCUT2D eigenvalue weighted by Gasteiger charge is -2.11. The normalized spacial score (nSPS) is 10.1. The summed E-state index contributed by atoms with van der Waals surface area (Å²) in [6, 6.07) is 12.0. The standard InChI is InChI=1S/C15H12INO3/c1-9-5-2-3-6-10(9)14(18)17-13-11(15(19)20)7-4-8-12(13)16/h2-8H,1H3,(H,17,18)(H,19,20). The van der Waals surface area contributed by atoms with Crippen molar-refractivity contribution in [1.29, 1.82) is 0 Å². The Hall–Kier alpha value is -1.89. The number of benzene rings is 2. The van der Waals surface area contributed by atoms with Crippen molar-refractivity contribution >= 4 is 40.2 Å². The Labute approximate surface area is 130 Å². The van der Waals surface area contributed by atoms with Crippen molar-refractivity contribution in [3.05, 3.63) is 62.7 Å². The van der Waals surface area contributed by atoms with Crippen LogP contribution >= 0.6 is 22.6 Å². The van der Waals surface area contributed by atoms with E-state index in [0.29, 0.717) is 14.8 Å². The molecule has 2 aromatic carbocycles. The summed E-state index contributed by atoms with van der Waals surface area (Å²) in [7, 11) is 0. The molecule has 0 bridgehead atoms. The molecular formula is C15H12INO3. The van der Waals surface area contributed by atoms with Gasteiger partial charge in [-0.2, -0.15) is 0 Å². The fraction of sp³-hybridized carbons (Fsp3) is 0.0667. The number of carbonyl (C=O) groups is 2. The lowest BCUT2D eigenvalue weighted by molar-refractivity contribution is 0.0698. The fourth-order valence-corrected chi connectivity index (χ4v) is 2.47. The van der Waals surface area contributed by atoms with Gasteiger partial charge in [0.25, 0.3) is 5.91 Å². The van der Waals surface area contributed by atoms with E-state index in [-0.39, 0.29) is 11.5 Å². The summed E-state index contributed by atoms with van der Waals surface area (Å²) in [5.41, 5.74) is 1.78. The molecule has 0 fully saturated rings. The van der Waals surface area contributed by atoms with Crippen molar-refractivity contribution in [2.45, 2.75) is 6.92 Å². The van der Waals surface area contributed by atoms with E-state index in [2.05, 4.69) is 5.32 Å². The molecule has 4 nitrogen and oxygen atoms in total. The van der Waals surface area contributed by atoms with E-state index in [1.165, 1.54) is 6.07 Å². The minimum atomic E-state index is -1.07. The Balaban J connectivity index is 2.38. The Bertz CT molecular complexity index is 683. The predicted octanol–water partition coefficient (Wildman–Crippen LogP) is 3.55. The van der Waals surface area contributed by atoms with Gasteiger partial charge >= 0.3 is 5.97 Å². The molecule has 2 N–H and O–H groups in total. The highest BCUT2D eigenvalue weighted by Gasteiger charge is 2.16. The van der Waals surface area contributed by atoms with Crippen molar-refractivity contribution in [2.75, 3.05) is 5.32 Å². The van der Waals surface area contributed by atoms with Crippen LogP contribution in [0, 0.1) is 10.5 Å². The van der Waals surface area contributed by atoms with Crippen LogP contribution in [0.3, 0.4) is 0 Å². The third-order valence-corrected chi connectivity index (χ3v) is 3.77. The minimum absolute atomic E-state index is 0.0823. The maximum Gasteiger partial charge on any atom is 0.337 e. The van der Waals surface area contributed by atoms with Gasteiger partial charge in [-0.05, 0) is 53.3 Å². The molecule has 0 aliphatic carbocycles. The van der Waals surface area contributed by atoms with Gasteiger partial charge in [0.05, 0.1) is 11.3 Å². The first-order valence-corrected chi connectivity index (χ1v) is 6.97. The number of anilines is 1. The van der Waals surface area contributed by atoms with Crippen LogP contribution in [-0.2, 0) is 0 Å². The molecule has 1 amide bonds. The monoisotopic (exact) mass is 381 g/mol. The second-order valence-corrected chi connectivity index (χ2v) is 5.40. The lowest BCUT2D eigenvalue weighted by atomic mass is 10.1. The Morgan fingerprint density at radius 3 is 2.35 bits per heavy atom. The van der Waals surface area contributed by atoms with Gasteiger partial charge in [-0.3, -0.25) is 4.79 Å². The summed E-state index contributed by atoms with van der Waals surface area (Å²) in [5.74, 6) is -1.38. The molecule has 0 saturated carbocycles.